The van der Waals surface area contributed by atoms with Crippen molar-refractivity contribution in [2.75, 3.05) is 52.4 Å². The standard InChI is InChI=1S/C21H40N8O4/c1-3-6-18(30)23-11-13-25-20(32)8-16-29(15-5-10-27-28-22)17-9-21(33)26-14-12-24-19(31)7-4-2/h3-17H2,1-2H3,(H,23,30)(H,24,31)(H,25,32)(H,26,33). The molecule has 0 aromatic heterocycles. The molecule has 0 heterocycles. The third-order valence-corrected chi connectivity index (χ3v) is 4.60. The summed E-state index contributed by atoms with van der Waals surface area (Å²) in [4.78, 5) is 51.7. The topological polar surface area (TPSA) is 168 Å². The highest BCUT2D eigenvalue weighted by molar-refractivity contribution is 5.78. The van der Waals surface area contributed by atoms with Crippen LogP contribution in [-0.4, -0.2) is 80.9 Å². The Kier molecular flexibility index (Phi) is 19.2. The second kappa shape index (κ2) is 21.0. The van der Waals surface area contributed by atoms with E-state index in [1.54, 1.807) is 0 Å². The number of carbonyl (C=O) groups is 4. The van der Waals surface area contributed by atoms with Gasteiger partial charge in [-0.15, -0.1) is 0 Å². The van der Waals surface area contributed by atoms with Crippen LogP contribution in [-0.2, 0) is 19.2 Å². The molecule has 0 aliphatic carbocycles. The highest BCUT2D eigenvalue weighted by Gasteiger charge is 2.11. The van der Waals surface area contributed by atoms with Gasteiger partial charge in [0.2, 0.25) is 23.6 Å². The molecule has 0 aliphatic rings. The molecule has 0 unspecified atom stereocenters. The summed E-state index contributed by atoms with van der Waals surface area (Å²) < 4.78 is 0. The van der Waals surface area contributed by atoms with Gasteiger partial charge in [0.05, 0.1) is 0 Å². The highest BCUT2D eigenvalue weighted by Crippen LogP contribution is 1.98. The highest BCUT2D eigenvalue weighted by atomic mass is 16.2. The lowest BCUT2D eigenvalue weighted by Gasteiger charge is -2.21. The number of amides is 4. The number of nitrogens with zero attached hydrogens (tertiary/aromatic N) is 4. The maximum atomic E-state index is 12.1. The first-order chi connectivity index (χ1) is 15.9. The molecular formula is C21H40N8O4. The summed E-state index contributed by atoms with van der Waals surface area (Å²) in [6, 6.07) is 0. The Morgan fingerprint density at radius 1 is 0.697 bits per heavy atom. The van der Waals surface area contributed by atoms with E-state index in [0.29, 0.717) is 71.6 Å². The van der Waals surface area contributed by atoms with E-state index in [1.165, 1.54) is 0 Å². The van der Waals surface area contributed by atoms with E-state index in [4.69, 9.17) is 5.53 Å². The molecule has 0 bridgehead atoms. The molecular weight excluding hydrogens is 428 g/mol. The van der Waals surface area contributed by atoms with Gasteiger partial charge in [-0.1, -0.05) is 19.0 Å². The number of hydrogen-bond donors (Lipinski definition) is 4. The predicted octanol–water partition coefficient (Wildman–Crippen LogP) is 0.834. The van der Waals surface area contributed by atoms with Crippen molar-refractivity contribution in [2.24, 2.45) is 5.11 Å². The molecule has 188 valence electrons. The third kappa shape index (κ3) is 19.6. The SMILES string of the molecule is CCCC(=O)NCCNC(=O)CCN(CCCN=[N+]=[N-])CCC(=O)NCCNC(=O)CCC. The lowest BCUT2D eigenvalue weighted by molar-refractivity contribution is -0.123. The molecule has 0 fully saturated rings. The van der Waals surface area contributed by atoms with Gasteiger partial charge in [-0.3, -0.25) is 19.2 Å². The lowest BCUT2D eigenvalue weighted by atomic mass is 10.2. The van der Waals surface area contributed by atoms with Crippen LogP contribution >= 0.6 is 0 Å². The summed E-state index contributed by atoms with van der Waals surface area (Å²) in [7, 11) is 0. The fourth-order valence-corrected chi connectivity index (χ4v) is 2.88. The first-order valence-electron chi connectivity index (χ1n) is 11.7. The minimum absolute atomic E-state index is 0.0282. The summed E-state index contributed by atoms with van der Waals surface area (Å²) in [5.74, 6) is -0.321. The summed E-state index contributed by atoms with van der Waals surface area (Å²) >= 11 is 0. The molecule has 12 heteroatoms. The van der Waals surface area contributed by atoms with Crippen LogP contribution in [0.2, 0.25) is 0 Å². The first-order valence-corrected chi connectivity index (χ1v) is 11.7. The van der Waals surface area contributed by atoms with Crippen molar-refractivity contribution < 1.29 is 19.2 Å². The molecule has 0 aromatic rings. The second-order valence-corrected chi connectivity index (χ2v) is 7.55. The lowest BCUT2D eigenvalue weighted by Crippen LogP contribution is -2.38. The summed E-state index contributed by atoms with van der Waals surface area (Å²) in [5, 5.41) is 14.5. The third-order valence-electron chi connectivity index (χ3n) is 4.60. The van der Waals surface area contributed by atoms with Crippen molar-refractivity contribution >= 4 is 23.6 Å². The maximum absolute atomic E-state index is 12.1. The first kappa shape index (κ1) is 30.1. The second-order valence-electron chi connectivity index (χ2n) is 7.55. The van der Waals surface area contributed by atoms with E-state index < -0.39 is 0 Å². The molecule has 4 amide bonds. The van der Waals surface area contributed by atoms with Crippen molar-refractivity contribution in [3.8, 4) is 0 Å². The van der Waals surface area contributed by atoms with Crippen molar-refractivity contribution in [1.29, 1.82) is 0 Å². The van der Waals surface area contributed by atoms with Crippen LogP contribution in [0.15, 0.2) is 5.11 Å². The minimum atomic E-state index is -0.132. The molecule has 33 heavy (non-hydrogen) atoms. The van der Waals surface area contributed by atoms with Crippen LogP contribution in [0, 0.1) is 0 Å². The van der Waals surface area contributed by atoms with Gasteiger partial charge in [-0.25, -0.2) is 0 Å². The Morgan fingerprint density at radius 2 is 1.09 bits per heavy atom. The number of azide groups is 1. The Morgan fingerprint density at radius 3 is 1.45 bits per heavy atom. The molecule has 0 spiro atoms. The normalized spacial score (nSPS) is 10.3. The zero-order valence-electron chi connectivity index (χ0n) is 20.0. The fourth-order valence-electron chi connectivity index (χ4n) is 2.88. The van der Waals surface area contributed by atoms with E-state index in [0.717, 1.165) is 12.8 Å². The van der Waals surface area contributed by atoms with Crippen LogP contribution in [0.1, 0.15) is 58.8 Å². The molecule has 0 rings (SSSR count). The van der Waals surface area contributed by atoms with Gasteiger partial charge in [-0.2, -0.15) is 0 Å². The van der Waals surface area contributed by atoms with E-state index in [-0.39, 0.29) is 36.5 Å². The zero-order valence-corrected chi connectivity index (χ0v) is 20.0. The van der Waals surface area contributed by atoms with E-state index in [1.807, 2.05) is 18.7 Å². The quantitative estimate of drug-likeness (QED) is 0.0896. The van der Waals surface area contributed by atoms with Crippen molar-refractivity contribution in [3.05, 3.63) is 10.4 Å². The number of carbonyl (C=O) groups excluding carboxylic acids is 4. The molecule has 0 saturated heterocycles. The average Bonchev–Trinajstić information content (AvgIpc) is 2.78. The number of rotatable bonds is 20. The number of hydrogen-bond acceptors (Lipinski definition) is 6. The molecule has 0 aromatic carbocycles. The van der Waals surface area contributed by atoms with Gasteiger partial charge >= 0.3 is 0 Å². The molecule has 0 atom stereocenters. The molecule has 12 nitrogen and oxygen atoms in total. The molecule has 0 aliphatic heterocycles. The van der Waals surface area contributed by atoms with Crippen LogP contribution in [0.3, 0.4) is 0 Å². The Labute approximate surface area is 196 Å². The Bertz CT molecular complexity index is 596. The molecule has 0 radical (unpaired) electrons. The summed E-state index contributed by atoms with van der Waals surface area (Å²) in [6.45, 7) is 7.23. The monoisotopic (exact) mass is 468 g/mol. The van der Waals surface area contributed by atoms with Crippen molar-refractivity contribution in [2.45, 2.75) is 58.8 Å². The van der Waals surface area contributed by atoms with E-state index in [2.05, 4.69) is 31.3 Å². The Balaban J connectivity index is 4.24. The van der Waals surface area contributed by atoms with Crippen LogP contribution in [0.25, 0.3) is 10.4 Å². The predicted molar refractivity (Wildman–Crippen MR) is 126 cm³/mol. The molecule has 4 N–H and O–H groups in total. The van der Waals surface area contributed by atoms with E-state index in [9.17, 15) is 19.2 Å². The van der Waals surface area contributed by atoms with Gasteiger partial charge in [0, 0.05) is 76.4 Å². The Hall–Kier alpha value is -2.85. The van der Waals surface area contributed by atoms with Gasteiger partial charge in [0.15, 0.2) is 0 Å². The van der Waals surface area contributed by atoms with Crippen LogP contribution in [0.4, 0.5) is 0 Å². The summed E-state index contributed by atoms with van der Waals surface area (Å²) in [6.07, 6.45) is 3.65. The maximum Gasteiger partial charge on any atom is 0.221 e. The van der Waals surface area contributed by atoms with Crippen LogP contribution in [0.5, 0.6) is 0 Å². The van der Waals surface area contributed by atoms with Gasteiger partial charge < -0.3 is 26.2 Å². The number of nitrogens with one attached hydrogen (secondary N) is 4. The fraction of sp³-hybridized carbons (Fsp3) is 0.810. The average molecular weight is 469 g/mol. The zero-order chi connectivity index (χ0) is 24.7. The largest absolute Gasteiger partial charge is 0.354 e. The van der Waals surface area contributed by atoms with Gasteiger partial charge in [-0.05, 0) is 31.3 Å². The van der Waals surface area contributed by atoms with Crippen molar-refractivity contribution in [3.63, 3.8) is 0 Å². The summed E-state index contributed by atoms with van der Waals surface area (Å²) in [5.41, 5.74) is 8.40. The van der Waals surface area contributed by atoms with E-state index >= 15 is 0 Å². The minimum Gasteiger partial charge on any atom is -0.354 e. The van der Waals surface area contributed by atoms with Gasteiger partial charge in [0.25, 0.3) is 0 Å². The smallest absolute Gasteiger partial charge is 0.221 e. The molecule has 0 saturated carbocycles. The van der Waals surface area contributed by atoms with Crippen LogP contribution < -0.4 is 21.3 Å². The van der Waals surface area contributed by atoms with Gasteiger partial charge in [0.1, 0.15) is 0 Å². The van der Waals surface area contributed by atoms with Crippen molar-refractivity contribution in [1.82, 2.24) is 26.2 Å².